The number of aromatic amines is 1. The van der Waals surface area contributed by atoms with E-state index in [4.69, 9.17) is 0 Å². The topological polar surface area (TPSA) is 91.3 Å². The molecule has 188 valence electrons. The molecule has 1 N–H and O–H groups in total. The molecule has 0 atom stereocenters. The third-order valence-electron chi connectivity index (χ3n) is 5.70. The van der Waals surface area contributed by atoms with Crippen LogP contribution in [0.4, 0.5) is 4.39 Å². The van der Waals surface area contributed by atoms with Gasteiger partial charge in [-0.15, -0.1) is 0 Å². The van der Waals surface area contributed by atoms with Crippen molar-refractivity contribution in [1.29, 1.82) is 0 Å². The monoisotopic (exact) mass is 483 g/mol. The Hall–Kier alpha value is -3.33. The number of likely N-dealkylation sites (N-methyl/N-ethyl adjacent to an activating group) is 1. The van der Waals surface area contributed by atoms with Crippen molar-refractivity contribution < 1.29 is 9.18 Å². The van der Waals surface area contributed by atoms with E-state index in [1.165, 1.54) is 16.7 Å². The summed E-state index contributed by atoms with van der Waals surface area (Å²) >= 11 is 0. The number of hydrogen-bond acceptors (Lipinski definition) is 5. The third-order valence-corrected chi connectivity index (χ3v) is 5.70. The summed E-state index contributed by atoms with van der Waals surface area (Å²) in [5.74, 6) is -0.667. The third kappa shape index (κ3) is 6.22. The van der Waals surface area contributed by atoms with Gasteiger partial charge in [0, 0.05) is 31.9 Å². The maximum absolute atomic E-state index is 14.0. The highest BCUT2D eigenvalue weighted by Gasteiger charge is 2.25. The van der Waals surface area contributed by atoms with Crippen LogP contribution >= 0.6 is 0 Å². The molecule has 0 radical (unpaired) electrons. The van der Waals surface area contributed by atoms with Gasteiger partial charge in [0.2, 0.25) is 0 Å². The number of carbonyl (C=O) groups is 1. The average Bonchev–Trinajstić information content (AvgIpc) is 2.77. The molecule has 3 rings (SSSR count). The molecule has 0 aliphatic heterocycles. The molecule has 0 aliphatic carbocycles. The van der Waals surface area contributed by atoms with Gasteiger partial charge in [-0.05, 0) is 49.7 Å². The lowest BCUT2D eigenvalue weighted by Crippen LogP contribution is -2.38. The van der Waals surface area contributed by atoms with Gasteiger partial charge in [0.25, 0.3) is 11.5 Å². The number of H-pyrrole nitrogens is 1. The Morgan fingerprint density at radius 1 is 1.11 bits per heavy atom. The first-order valence-electron chi connectivity index (χ1n) is 11.8. The smallest absolute Gasteiger partial charge is 0.330 e. The van der Waals surface area contributed by atoms with Gasteiger partial charge in [-0.2, -0.15) is 0 Å². The van der Waals surface area contributed by atoms with Gasteiger partial charge in [0.15, 0.2) is 5.65 Å². The van der Waals surface area contributed by atoms with Crippen LogP contribution in [0.3, 0.4) is 0 Å². The van der Waals surface area contributed by atoms with Crippen LogP contribution in [0, 0.1) is 11.7 Å². The van der Waals surface area contributed by atoms with Crippen LogP contribution in [-0.2, 0) is 13.1 Å². The number of hydrogen-bond donors (Lipinski definition) is 1. The van der Waals surface area contributed by atoms with Crippen LogP contribution in [0.2, 0.25) is 0 Å². The summed E-state index contributed by atoms with van der Waals surface area (Å²) in [7, 11) is 3.80. The largest absolute Gasteiger partial charge is 0.333 e. The van der Waals surface area contributed by atoms with Crippen molar-refractivity contribution in [3.63, 3.8) is 0 Å². The molecule has 9 heteroatoms. The van der Waals surface area contributed by atoms with Gasteiger partial charge in [-0.3, -0.25) is 19.1 Å². The maximum Gasteiger partial charge on any atom is 0.330 e. The standard InChI is InChI=1S/C26H34FN5O3/c1-16(2)14-32-23-22(24(33)29-26(32)35)20(13-21(28-23)17(3)4)25(34)31(11-10-30(5)6)15-18-8-7-9-19(27)12-18/h7-9,12-13,16-17H,10-11,14-15H2,1-6H3,(H,29,33,35). The Kier molecular flexibility index (Phi) is 8.22. The Labute approximate surface area is 204 Å². The van der Waals surface area contributed by atoms with Gasteiger partial charge in [-0.25, -0.2) is 14.2 Å². The van der Waals surface area contributed by atoms with Crippen LogP contribution in [0.25, 0.3) is 11.0 Å². The van der Waals surface area contributed by atoms with E-state index in [9.17, 15) is 18.8 Å². The second kappa shape index (κ2) is 10.9. The van der Waals surface area contributed by atoms with Crippen molar-refractivity contribution in [3.05, 3.63) is 73.8 Å². The van der Waals surface area contributed by atoms with Crippen LogP contribution in [0.1, 0.15) is 55.2 Å². The van der Waals surface area contributed by atoms with Gasteiger partial charge >= 0.3 is 5.69 Å². The predicted octanol–water partition coefficient (Wildman–Crippen LogP) is 3.21. The molecule has 0 fully saturated rings. The van der Waals surface area contributed by atoms with Gasteiger partial charge < -0.3 is 9.80 Å². The highest BCUT2D eigenvalue weighted by molar-refractivity contribution is 6.05. The fourth-order valence-corrected chi connectivity index (χ4v) is 3.89. The quantitative estimate of drug-likeness (QED) is 0.505. The normalized spacial score (nSPS) is 11.7. The molecule has 0 aliphatic rings. The molecular formula is C26H34FN5O3. The Bertz CT molecular complexity index is 1330. The summed E-state index contributed by atoms with van der Waals surface area (Å²) in [4.78, 5) is 50.2. The molecule has 0 spiro atoms. The fraction of sp³-hybridized carbons (Fsp3) is 0.462. The lowest BCUT2D eigenvalue weighted by molar-refractivity contribution is 0.0733. The van der Waals surface area contributed by atoms with Gasteiger partial charge in [0.1, 0.15) is 5.82 Å². The zero-order valence-electron chi connectivity index (χ0n) is 21.3. The van der Waals surface area contributed by atoms with Crippen molar-refractivity contribution in [3.8, 4) is 0 Å². The molecule has 35 heavy (non-hydrogen) atoms. The lowest BCUT2D eigenvalue weighted by atomic mass is 10.0. The van der Waals surface area contributed by atoms with Crippen LogP contribution in [0.5, 0.6) is 0 Å². The van der Waals surface area contributed by atoms with Crippen molar-refractivity contribution in [2.24, 2.45) is 5.92 Å². The van der Waals surface area contributed by atoms with Crippen molar-refractivity contribution in [1.82, 2.24) is 24.3 Å². The molecule has 3 aromatic rings. The number of rotatable bonds is 9. The second-order valence-corrected chi connectivity index (χ2v) is 9.87. The van der Waals surface area contributed by atoms with Gasteiger partial charge in [-0.1, -0.05) is 39.8 Å². The number of pyridine rings is 1. The number of nitrogens with zero attached hydrogens (tertiary/aromatic N) is 4. The van der Waals surface area contributed by atoms with Crippen molar-refractivity contribution in [2.45, 2.75) is 46.7 Å². The van der Waals surface area contributed by atoms with E-state index in [1.54, 1.807) is 23.1 Å². The molecule has 0 saturated heterocycles. The highest BCUT2D eigenvalue weighted by Crippen LogP contribution is 2.22. The van der Waals surface area contributed by atoms with E-state index in [0.717, 1.165) is 0 Å². The summed E-state index contributed by atoms with van der Waals surface area (Å²) in [6.45, 7) is 9.28. The minimum Gasteiger partial charge on any atom is -0.333 e. The molecule has 2 heterocycles. The molecule has 1 amide bonds. The highest BCUT2D eigenvalue weighted by atomic mass is 19.1. The summed E-state index contributed by atoms with van der Waals surface area (Å²) in [5, 5.41) is 0.0914. The number of carbonyl (C=O) groups excluding carboxylic acids is 1. The van der Waals surface area contributed by atoms with Crippen LogP contribution in [-0.4, -0.2) is 57.4 Å². The van der Waals surface area contributed by atoms with E-state index in [0.29, 0.717) is 30.9 Å². The Morgan fingerprint density at radius 3 is 2.43 bits per heavy atom. The number of halogens is 1. The summed E-state index contributed by atoms with van der Waals surface area (Å²) in [5.41, 5.74) is 0.460. The SMILES string of the molecule is CC(C)Cn1c(=O)[nH]c(=O)c2c(C(=O)N(CCN(C)C)Cc3cccc(F)c3)cc(C(C)C)nc21. The number of benzene rings is 1. The molecule has 1 aromatic carbocycles. The molecule has 0 saturated carbocycles. The second-order valence-electron chi connectivity index (χ2n) is 9.87. The lowest BCUT2D eigenvalue weighted by Gasteiger charge is -2.26. The number of nitrogens with one attached hydrogen (secondary N) is 1. The van der Waals surface area contributed by atoms with E-state index in [2.05, 4.69) is 9.97 Å². The average molecular weight is 484 g/mol. The minimum absolute atomic E-state index is 0.0358. The van der Waals surface area contributed by atoms with E-state index < -0.39 is 11.2 Å². The molecule has 0 bridgehead atoms. The zero-order valence-corrected chi connectivity index (χ0v) is 21.3. The van der Waals surface area contributed by atoms with Crippen molar-refractivity contribution in [2.75, 3.05) is 27.2 Å². The fourth-order valence-electron chi connectivity index (χ4n) is 3.89. The first-order chi connectivity index (χ1) is 16.5. The molecular weight excluding hydrogens is 449 g/mol. The van der Waals surface area contributed by atoms with Crippen LogP contribution in [0.15, 0.2) is 39.9 Å². The molecule has 2 aromatic heterocycles. The minimum atomic E-state index is -0.644. The molecule has 8 nitrogen and oxygen atoms in total. The van der Waals surface area contributed by atoms with Crippen molar-refractivity contribution >= 4 is 16.9 Å². The van der Waals surface area contributed by atoms with Gasteiger partial charge in [0.05, 0.1) is 10.9 Å². The summed E-state index contributed by atoms with van der Waals surface area (Å²) in [6.07, 6.45) is 0. The first-order valence-corrected chi connectivity index (χ1v) is 11.8. The maximum atomic E-state index is 14.0. The Balaban J connectivity index is 2.22. The number of fused-ring (bicyclic) bond motifs is 1. The first kappa shape index (κ1) is 26.3. The van der Waals surface area contributed by atoms with Crippen LogP contribution < -0.4 is 11.2 Å². The zero-order chi connectivity index (χ0) is 25.9. The van der Waals surface area contributed by atoms with E-state index in [1.807, 2.05) is 46.7 Å². The van der Waals surface area contributed by atoms with E-state index in [-0.39, 0.29) is 46.7 Å². The summed E-state index contributed by atoms with van der Waals surface area (Å²) < 4.78 is 15.3. The Morgan fingerprint density at radius 2 is 1.83 bits per heavy atom. The summed E-state index contributed by atoms with van der Waals surface area (Å²) in [6, 6.07) is 7.76. The predicted molar refractivity (Wildman–Crippen MR) is 135 cm³/mol. The number of aromatic nitrogens is 3. The number of amides is 1. The molecule has 0 unspecified atom stereocenters. The van der Waals surface area contributed by atoms with E-state index >= 15 is 0 Å².